The van der Waals surface area contributed by atoms with Crippen LogP contribution in [0.1, 0.15) is 45.4 Å². The summed E-state index contributed by atoms with van der Waals surface area (Å²) in [6.45, 7) is 1.98. The maximum atomic E-state index is 11.3. The molecular weight excluding hydrogens is 202 g/mol. The Balaban J connectivity index is 2.75. The van der Waals surface area contributed by atoms with E-state index >= 15 is 0 Å². The average molecular weight is 227 g/mol. The monoisotopic (exact) mass is 227 g/mol. The quantitative estimate of drug-likeness (QED) is 0.785. The highest BCUT2D eigenvalue weighted by Gasteiger charge is 2.34. The van der Waals surface area contributed by atoms with Gasteiger partial charge in [-0.15, -0.1) is 0 Å². The molecule has 0 bridgehead atoms. The van der Waals surface area contributed by atoms with Gasteiger partial charge in [-0.2, -0.15) is 0 Å². The van der Waals surface area contributed by atoms with E-state index in [4.69, 9.17) is 0 Å². The summed E-state index contributed by atoms with van der Waals surface area (Å²) >= 11 is 0. The minimum Gasteiger partial charge on any atom is -0.481 e. The highest BCUT2D eigenvalue weighted by atomic mass is 16.4. The van der Waals surface area contributed by atoms with Crippen molar-refractivity contribution in [2.45, 2.75) is 51.5 Å². The molecule has 1 N–H and O–H groups in total. The molecule has 0 spiro atoms. The Morgan fingerprint density at radius 3 is 2.25 bits per heavy atom. The molecule has 0 aromatic rings. The van der Waals surface area contributed by atoms with Crippen LogP contribution in [0.4, 0.5) is 0 Å². The molecule has 2 atom stereocenters. The third-order valence-electron chi connectivity index (χ3n) is 3.90. The predicted octanol–water partition coefficient (Wildman–Crippen LogP) is 2.61. The fraction of sp³-hybridized carbons (Fsp3) is 0.923. The summed E-state index contributed by atoms with van der Waals surface area (Å²) in [5.74, 6) is -0.269. The lowest BCUT2D eigenvalue weighted by molar-refractivity contribution is -0.145. The standard InChI is InChI=1S/C13H25NO2/c1-4-11(13(15)16)12(14(2)3)10-8-6-5-7-9-10/h10-12H,4-9H2,1-3H3,(H,15,16). The minimum absolute atomic E-state index is 0.210. The number of rotatable bonds is 5. The van der Waals surface area contributed by atoms with Crippen molar-refractivity contribution in [3.63, 3.8) is 0 Å². The molecule has 3 nitrogen and oxygen atoms in total. The van der Waals surface area contributed by atoms with Crippen molar-refractivity contribution in [2.24, 2.45) is 11.8 Å². The Kier molecular flexibility index (Phi) is 5.26. The molecule has 1 fully saturated rings. The fourth-order valence-electron chi connectivity index (χ4n) is 3.15. The minimum atomic E-state index is -0.633. The first-order chi connectivity index (χ1) is 7.57. The van der Waals surface area contributed by atoms with E-state index in [0.29, 0.717) is 5.92 Å². The number of nitrogens with zero attached hydrogens (tertiary/aromatic N) is 1. The summed E-state index contributed by atoms with van der Waals surface area (Å²) < 4.78 is 0. The maximum absolute atomic E-state index is 11.3. The van der Waals surface area contributed by atoms with Crippen LogP contribution < -0.4 is 0 Å². The van der Waals surface area contributed by atoms with Crippen LogP contribution in [0, 0.1) is 11.8 Å². The van der Waals surface area contributed by atoms with Gasteiger partial charge in [0.1, 0.15) is 0 Å². The molecule has 0 aliphatic heterocycles. The third-order valence-corrected chi connectivity index (χ3v) is 3.90. The Labute approximate surface area is 98.8 Å². The van der Waals surface area contributed by atoms with Gasteiger partial charge >= 0.3 is 5.97 Å². The van der Waals surface area contributed by atoms with Crippen molar-refractivity contribution in [3.05, 3.63) is 0 Å². The van der Waals surface area contributed by atoms with Crippen molar-refractivity contribution in [1.82, 2.24) is 4.90 Å². The number of hydrogen-bond donors (Lipinski definition) is 1. The van der Waals surface area contributed by atoms with E-state index in [1.807, 2.05) is 21.0 Å². The first kappa shape index (κ1) is 13.5. The van der Waals surface area contributed by atoms with Crippen LogP contribution in [0.15, 0.2) is 0 Å². The third kappa shape index (κ3) is 3.21. The van der Waals surface area contributed by atoms with Gasteiger partial charge in [-0.05, 0) is 39.3 Å². The number of aliphatic carboxylic acids is 1. The Morgan fingerprint density at radius 2 is 1.88 bits per heavy atom. The van der Waals surface area contributed by atoms with E-state index in [2.05, 4.69) is 4.90 Å². The van der Waals surface area contributed by atoms with Crippen LogP contribution in [0.25, 0.3) is 0 Å². The lowest BCUT2D eigenvalue weighted by atomic mass is 9.77. The second-order valence-electron chi connectivity index (χ2n) is 5.21. The summed E-state index contributed by atoms with van der Waals surface area (Å²) in [5.41, 5.74) is 0. The largest absolute Gasteiger partial charge is 0.481 e. The van der Waals surface area contributed by atoms with Gasteiger partial charge in [-0.3, -0.25) is 4.79 Å². The summed E-state index contributed by atoms with van der Waals surface area (Å²) in [6, 6.07) is 0.211. The Bertz CT molecular complexity index is 222. The second-order valence-corrected chi connectivity index (χ2v) is 5.21. The van der Waals surface area contributed by atoms with Gasteiger partial charge in [0.25, 0.3) is 0 Å². The topological polar surface area (TPSA) is 40.5 Å². The van der Waals surface area contributed by atoms with E-state index in [0.717, 1.165) is 6.42 Å². The molecule has 94 valence electrons. The van der Waals surface area contributed by atoms with E-state index in [9.17, 15) is 9.90 Å². The first-order valence-corrected chi connectivity index (χ1v) is 6.47. The summed E-state index contributed by atoms with van der Waals surface area (Å²) in [5, 5.41) is 9.30. The molecule has 3 heteroatoms. The van der Waals surface area contributed by atoms with Gasteiger partial charge in [0.15, 0.2) is 0 Å². The maximum Gasteiger partial charge on any atom is 0.308 e. The molecule has 1 aliphatic rings. The SMILES string of the molecule is CCC(C(=O)O)C(C1CCCCC1)N(C)C. The van der Waals surface area contributed by atoms with Gasteiger partial charge < -0.3 is 10.0 Å². The van der Waals surface area contributed by atoms with E-state index in [-0.39, 0.29) is 12.0 Å². The van der Waals surface area contributed by atoms with Gasteiger partial charge in [0.2, 0.25) is 0 Å². The summed E-state index contributed by atoms with van der Waals surface area (Å²) in [7, 11) is 4.04. The summed E-state index contributed by atoms with van der Waals surface area (Å²) in [4.78, 5) is 13.4. The smallest absolute Gasteiger partial charge is 0.308 e. The normalized spacial score (nSPS) is 22.0. The average Bonchev–Trinajstić information content (AvgIpc) is 2.25. The highest BCUT2D eigenvalue weighted by molar-refractivity contribution is 5.70. The number of carboxylic acid groups (broad SMARTS) is 1. The van der Waals surface area contributed by atoms with Crippen LogP contribution in [0.3, 0.4) is 0 Å². The molecule has 0 saturated heterocycles. The van der Waals surface area contributed by atoms with E-state index in [1.54, 1.807) is 0 Å². The zero-order valence-electron chi connectivity index (χ0n) is 10.8. The van der Waals surface area contributed by atoms with Crippen molar-refractivity contribution in [2.75, 3.05) is 14.1 Å². The summed E-state index contributed by atoms with van der Waals surface area (Å²) in [6.07, 6.45) is 6.99. The van der Waals surface area contributed by atoms with Gasteiger partial charge in [-0.1, -0.05) is 26.2 Å². The lowest BCUT2D eigenvalue weighted by Gasteiger charge is -2.38. The first-order valence-electron chi connectivity index (χ1n) is 6.47. The van der Waals surface area contributed by atoms with Crippen molar-refractivity contribution >= 4 is 5.97 Å². The van der Waals surface area contributed by atoms with E-state index in [1.165, 1.54) is 32.1 Å². The number of carbonyl (C=O) groups is 1. The van der Waals surface area contributed by atoms with Crippen molar-refractivity contribution < 1.29 is 9.90 Å². The lowest BCUT2D eigenvalue weighted by Crippen LogP contribution is -2.45. The number of carboxylic acids is 1. The van der Waals surface area contributed by atoms with Crippen LogP contribution in [0.2, 0.25) is 0 Å². The Morgan fingerprint density at radius 1 is 1.31 bits per heavy atom. The van der Waals surface area contributed by atoms with Crippen LogP contribution >= 0.6 is 0 Å². The highest BCUT2D eigenvalue weighted by Crippen LogP contribution is 2.32. The molecule has 0 heterocycles. The molecule has 0 aromatic carbocycles. The van der Waals surface area contributed by atoms with Gasteiger partial charge in [0.05, 0.1) is 5.92 Å². The van der Waals surface area contributed by atoms with Crippen molar-refractivity contribution in [1.29, 1.82) is 0 Å². The molecule has 1 rings (SSSR count). The molecule has 1 saturated carbocycles. The molecular formula is C13H25NO2. The van der Waals surface area contributed by atoms with Crippen molar-refractivity contribution in [3.8, 4) is 0 Å². The Hall–Kier alpha value is -0.570. The van der Waals surface area contributed by atoms with Crippen LogP contribution in [0.5, 0.6) is 0 Å². The molecule has 0 aromatic heterocycles. The van der Waals surface area contributed by atoms with Crippen LogP contribution in [-0.2, 0) is 4.79 Å². The van der Waals surface area contributed by atoms with E-state index < -0.39 is 5.97 Å². The van der Waals surface area contributed by atoms with Crippen LogP contribution in [-0.4, -0.2) is 36.1 Å². The fourth-order valence-corrected chi connectivity index (χ4v) is 3.15. The zero-order valence-corrected chi connectivity index (χ0v) is 10.8. The number of hydrogen-bond acceptors (Lipinski definition) is 2. The van der Waals surface area contributed by atoms with Gasteiger partial charge in [-0.25, -0.2) is 0 Å². The molecule has 1 aliphatic carbocycles. The second kappa shape index (κ2) is 6.24. The molecule has 0 amide bonds. The molecule has 0 radical (unpaired) electrons. The molecule has 16 heavy (non-hydrogen) atoms. The molecule has 2 unspecified atom stereocenters. The zero-order chi connectivity index (χ0) is 12.1. The predicted molar refractivity (Wildman–Crippen MR) is 65.5 cm³/mol. The van der Waals surface area contributed by atoms with Gasteiger partial charge in [0, 0.05) is 6.04 Å².